The topological polar surface area (TPSA) is 66.0 Å². The van der Waals surface area contributed by atoms with Crippen molar-refractivity contribution in [2.45, 2.75) is 31.6 Å². The highest BCUT2D eigenvalue weighted by molar-refractivity contribution is 9.10. The summed E-state index contributed by atoms with van der Waals surface area (Å²) in [6, 6.07) is 7.82. The van der Waals surface area contributed by atoms with Gasteiger partial charge in [-0.3, -0.25) is 0 Å². The second-order valence-corrected chi connectivity index (χ2v) is 6.38. The first kappa shape index (κ1) is 16.3. The summed E-state index contributed by atoms with van der Waals surface area (Å²) in [5.41, 5.74) is 5.68. The lowest BCUT2D eigenvalue weighted by Gasteiger charge is -2.08. The van der Waals surface area contributed by atoms with Gasteiger partial charge in [0.05, 0.1) is 13.2 Å². The van der Waals surface area contributed by atoms with Crippen LogP contribution in [-0.2, 0) is 13.1 Å². The van der Waals surface area contributed by atoms with Gasteiger partial charge < -0.3 is 15.0 Å². The molecule has 0 amide bonds. The molecule has 0 saturated carbocycles. The maximum absolute atomic E-state index is 5.69. The quantitative estimate of drug-likeness (QED) is 0.571. The minimum atomic E-state index is 0.420. The summed E-state index contributed by atoms with van der Waals surface area (Å²) < 4.78 is 8.83. The molecule has 0 unspecified atom stereocenters. The molecule has 0 aliphatic carbocycles. The molecular formula is C14H19BrN4OS. The zero-order valence-electron chi connectivity index (χ0n) is 12.0. The van der Waals surface area contributed by atoms with E-state index in [-0.39, 0.29) is 0 Å². The number of benzene rings is 1. The molecule has 0 spiro atoms. The predicted octanol–water partition coefficient (Wildman–Crippen LogP) is 3.08. The van der Waals surface area contributed by atoms with Crippen LogP contribution in [0.3, 0.4) is 0 Å². The zero-order chi connectivity index (χ0) is 15.1. The van der Waals surface area contributed by atoms with Crippen LogP contribution in [0.25, 0.3) is 0 Å². The summed E-state index contributed by atoms with van der Waals surface area (Å²) in [5.74, 6) is 2.53. The van der Waals surface area contributed by atoms with Gasteiger partial charge in [0.1, 0.15) is 11.6 Å². The monoisotopic (exact) mass is 370 g/mol. The Morgan fingerprint density at radius 3 is 2.71 bits per heavy atom. The van der Waals surface area contributed by atoms with E-state index in [1.54, 1.807) is 11.8 Å². The maximum Gasteiger partial charge on any atom is 0.191 e. The van der Waals surface area contributed by atoms with E-state index in [0.29, 0.717) is 13.2 Å². The maximum atomic E-state index is 5.69. The molecule has 0 atom stereocenters. The van der Waals surface area contributed by atoms with Gasteiger partial charge in [-0.1, -0.05) is 34.6 Å². The lowest BCUT2D eigenvalue weighted by atomic mass is 10.3. The third kappa shape index (κ3) is 4.72. The number of nitrogens with two attached hydrogens (primary N) is 1. The van der Waals surface area contributed by atoms with Gasteiger partial charge in [-0.25, -0.2) is 0 Å². The molecule has 21 heavy (non-hydrogen) atoms. The molecule has 0 aliphatic heterocycles. The molecule has 1 heterocycles. The average molecular weight is 371 g/mol. The highest BCUT2D eigenvalue weighted by Gasteiger charge is 2.10. The Bertz CT molecular complexity index is 559. The van der Waals surface area contributed by atoms with Crippen LogP contribution >= 0.6 is 27.7 Å². The Morgan fingerprint density at radius 1 is 1.29 bits per heavy atom. The first-order valence-electron chi connectivity index (χ1n) is 6.88. The third-order valence-electron chi connectivity index (χ3n) is 2.82. The van der Waals surface area contributed by atoms with Crippen LogP contribution in [0.5, 0.6) is 5.75 Å². The highest BCUT2D eigenvalue weighted by Crippen LogP contribution is 2.19. The van der Waals surface area contributed by atoms with Gasteiger partial charge in [0.2, 0.25) is 0 Å². The van der Waals surface area contributed by atoms with Gasteiger partial charge >= 0.3 is 0 Å². The number of rotatable bonds is 8. The van der Waals surface area contributed by atoms with Crippen molar-refractivity contribution in [3.8, 4) is 5.75 Å². The number of hydrogen-bond acceptors (Lipinski definition) is 5. The van der Waals surface area contributed by atoms with Crippen LogP contribution in [0.15, 0.2) is 33.9 Å². The first-order valence-corrected chi connectivity index (χ1v) is 8.65. The van der Waals surface area contributed by atoms with E-state index in [1.165, 1.54) is 0 Å². The normalized spacial score (nSPS) is 10.8. The SMILES string of the molecule is CCCn1c(CN)nnc1SCCOc1ccc(Br)cc1. The molecular weight excluding hydrogens is 352 g/mol. The summed E-state index contributed by atoms with van der Waals surface area (Å²) in [5, 5.41) is 9.23. The molecule has 7 heteroatoms. The lowest BCUT2D eigenvalue weighted by Crippen LogP contribution is -2.09. The molecule has 1 aromatic carbocycles. The Kier molecular flexibility index (Phi) is 6.53. The molecule has 0 bridgehead atoms. The molecule has 114 valence electrons. The van der Waals surface area contributed by atoms with E-state index in [0.717, 1.165) is 39.9 Å². The molecule has 1 aromatic heterocycles. The van der Waals surface area contributed by atoms with Crippen molar-refractivity contribution in [2.75, 3.05) is 12.4 Å². The van der Waals surface area contributed by atoms with Crippen molar-refractivity contribution < 1.29 is 4.74 Å². The second-order valence-electron chi connectivity index (χ2n) is 4.41. The van der Waals surface area contributed by atoms with Crippen LogP contribution in [-0.4, -0.2) is 27.1 Å². The van der Waals surface area contributed by atoms with E-state index >= 15 is 0 Å². The molecule has 2 rings (SSSR count). The number of thioether (sulfide) groups is 1. The van der Waals surface area contributed by atoms with Crippen LogP contribution in [0.2, 0.25) is 0 Å². The average Bonchev–Trinajstić information content (AvgIpc) is 2.88. The van der Waals surface area contributed by atoms with Crippen molar-refractivity contribution in [3.05, 3.63) is 34.6 Å². The minimum absolute atomic E-state index is 0.420. The Labute approximate surface area is 137 Å². The molecule has 0 fully saturated rings. The minimum Gasteiger partial charge on any atom is -0.493 e. The van der Waals surface area contributed by atoms with Crippen molar-refractivity contribution in [1.82, 2.24) is 14.8 Å². The van der Waals surface area contributed by atoms with Crippen LogP contribution in [0.1, 0.15) is 19.2 Å². The van der Waals surface area contributed by atoms with Gasteiger partial charge in [0, 0.05) is 16.8 Å². The molecule has 0 radical (unpaired) electrons. The van der Waals surface area contributed by atoms with Crippen molar-refractivity contribution in [1.29, 1.82) is 0 Å². The van der Waals surface area contributed by atoms with Crippen LogP contribution in [0.4, 0.5) is 0 Å². The van der Waals surface area contributed by atoms with E-state index in [1.807, 2.05) is 24.3 Å². The van der Waals surface area contributed by atoms with Crippen molar-refractivity contribution in [2.24, 2.45) is 5.73 Å². The number of aromatic nitrogens is 3. The molecule has 0 aliphatic rings. The Hall–Kier alpha value is -1.05. The van der Waals surface area contributed by atoms with Gasteiger partial charge in [-0.05, 0) is 30.7 Å². The zero-order valence-corrected chi connectivity index (χ0v) is 14.4. The van der Waals surface area contributed by atoms with Gasteiger partial charge in [0.25, 0.3) is 0 Å². The third-order valence-corrected chi connectivity index (χ3v) is 4.28. The van der Waals surface area contributed by atoms with Crippen molar-refractivity contribution in [3.63, 3.8) is 0 Å². The number of ether oxygens (including phenoxy) is 1. The first-order chi connectivity index (χ1) is 10.2. The lowest BCUT2D eigenvalue weighted by molar-refractivity contribution is 0.343. The van der Waals surface area contributed by atoms with E-state index in [9.17, 15) is 0 Å². The van der Waals surface area contributed by atoms with Gasteiger partial charge in [-0.2, -0.15) is 0 Å². The van der Waals surface area contributed by atoms with Crippen LogP contribution < -0.4 is 10.5 Å². The standard InChI is InChI=1S/C14H19BrN4OS/c1-2-7-19-13(10-16)17-18-14(19)21-9-8-20-12-5-3-11(15)4-6-12/h3-6H,2,7-10,16H2,1H3. The molecule has 0 saturated heterocycles. The van der Waals surface area contributed by atoms with E-state index < -0.39 is 0 Å². The summed E-state index contributed by atoms with van der Waals surface area (Å²) in [6.45, 7) is 4.08. The number of hydrogen-bond donors (Lipinski definition) is 1. The van der Waals surface area contributed by atoms with Crippen LogP contribution in [0, 0.1) is 0 Å². The fraction of sp³-hybridized carbons (Fsp3) is 0.429. The van der Waals surface area contributed by atoms with Gasteiger partial charge in [-0.15, -0.1) is 10.2 Å². The summed E-state index contributed by atoms with van der Waals surface area (Å²) >= 11 is 5.05. The van der Waals surface area contributed by atoms with Gasteiger partial charge in [0.15, 0.2) is 5.16 Å². The van der Waals surface area contributed by atoms with E-state index in [2.05, 4.69) is 37.6 Å². The molecule has 5 nitrogen and oxygen atoms in total. The van der Waals surface area contributed by atoms with Crippen molar-refractivity contribution >= 4 is 27.7 Å². The largest absolute Gasteiger partial charge is 0.493 e. The summed E-state index contributed by atoms with van der Waals surface area (Å²) in [4.78, 5) is 0. The molecule has 2 N–H and O–H groups in total. The fourth-order valence-electron chi connectivity index (χ4n) is 1.85. The summed E-state index contributed by atoms with van der Waals surface area (Å²) in [6.07, 6.45) is 1.04. The Balaban J connectivity index is 1.83. The molecule has 2 aromatic rings. The Morgan fingerprint density at radius 2 is 2.05 bits per heavy atom. The summed E-state index contributed by atoms with van der Waals surface area (Å²) in [7, 11) is 0. The highest BCUT2D eigenvalue weighted by atomic mass is 79.9. The predicted molar refractivity (Wildman–Crippen MR) is 88.6 cm³/mol. The smallest absolute Gasteiger partial charge is 0.191 e. The van der Waals surface area contributed by atoms with E-state index in [4.69, 9.17) is 10.5 Å². The fourth-order valence-corrected chi connectivity index (χ4v) is 2.91. The number of halogens is 1. The second kappa shape index (κ2) is 8.41. The number of nitrogens with zero attached hydrogens (tertiary/aromatic N) is 3.